The Morgan fingerprint density at radius 3 is 2.62 bits per heavy atom. The zero-order valence-corrected chi connectivity index (χ0v) is 18.5. The van der Waals surface area contributed by atoms with Crippen molar-refractivity contribution in [1.82, 2.24) is 19.5 Å². The average Bonchev–Trinajstić information content (AvgIpc) is 3.43. The number of hydrogen-bond donors (Lipinski definition) is 0. The van der Waals surface area contributed by atoms with Crippen molar-refractivity contribution >= 4 is 29.1 Å². The van der Waals surface area contributed by atoms with E-state index in [4.69, 9.17) is 0 Å². The summed E-state index contributed by atoms with van der Waals surface area (Å²) < 4.78 is 29.0. The summed E-state index contributed by atoms with van der Waals surface area (Å²) in [5.74, 6) is -0.0808. The van der Waals surface area contributed by atoms with Crippen molar-refractivity contribution in [2.75, 3.05) is 18.0 Å². The molecular weight excluding hydrogens is 432 g/mol. The van der Waals surface area contributed by atoms with Gasteiger partial charge in [0.25, 0.3) is 0 Å². The topological polar surface area (TPSA) is 53.7 Å². The van der Waals surface area contributed by atoms with Gasteiger partial charge in [-0.15, -0.1) is 11.8 Å². The lowest BCUT2D eigenvalue weighted by atomic mass is 9.93. The largest absolute Gasteiger partial charge is 0.356 e. The highest BCUT2D eigenvalue weighted by molar-refractivity contribution is 8.02. The van der Waals surface area contributed by atoms with Crippen molar-refractivity contribution < 1.29 is 13.6 Å². The Bertz CT molecular complexity index is 1200. The number of thioether (sulfide) groups is 1. The van der Waals surface area contributed by atoms with Gasteiger partial charge in [-0.05, 0) is 56.4 Å². The smallest absolute Gasteiger partial charge is 0.240 e. The maximum atomic E-state index is 13.8. The van der Waals surface area contributed by atoms with Gasteiger partial charge in [0.1, 0.15) is 22.2 Å². The summed E-state index contributed by atoms with van der Waals surface area (Å²) in [4.78, 5) is 22.2. The van der Waals surface area contributed by atoms with E-state index in [0.29, 0.717) is 5.56 Å². The van der Waals surface area contributed by atoms with Gasteiger partial charge in [0.05, 0.1) is 17.6 Å². The number of carbonyl (C=O) groups excluding carboxylic acids is 1. The van der Waals surface area contributed by atoms with Crippen LogP contribution in [0.4, 0.5) is 14.6 Å². The third-order valence-corrected chi connectivity index (χ3v) is 8.81. The van der Waals surface area contributed by atoms with Crippen LogP contribution in [0.3, 0.4) is 0 Å². The van der Waals surface area contributed by atoms with Crippen molar-refractivity contribution in [1.29, 1.82) is 0 Å². The van der Waals surface area contributed by atoms with Crippen LogP contribution in [0.2, 0.25) is 0 Å². The van der Waals surface area contributed by atoms with E-state index in [1.807, 2.05) is 28.6 Å². The highest BCUT2D eigenvalue weighted by Gasteiger charge is 2.57. The lowest BCUT2D eigenvalue weighted by Crippen LogP contribution is -2.48. The average molecular weight is 456 g/mol. The number of anilines is 1. The van der Waals surface area contributed by atoms with Crippen LogP contribution in [0.25, 0.3) is 5.65 Å². The zero-order valence-electron chi connectivity index (χ0n) is 17.7. The molecule has 2 unspecified atom stereocenters. The fraction of sp³-hybridized carbons (Fsp3) is 0.435. The number of fused-ring (bicyclic) bond motifs is 2. The number of amides is 1. The quantitative estimate of drug-likeness (QED) is 0.583. The molecule has 3 aliphatic heterocycles. The molecule has 3 saturated heterocycles. The maximum Gasteiger partial charge on any atom is 0.240 e. The fourth-order valence-corrected chi connectivity index (χ4v) is 7.22. The number of carbonyl (C=O) groups is 1. The molecule has 6 rings (SSSR count). The molecule has 1 amide bonds. The molecule has 1 spiro atoms. The van der Waals surface area contributed by atoms with Crippen LogP contribution in [-0.4, -0.2) is 48.6 Å². The molecule has 0 radical (unpaired) electrons. The molecule has 2 atom stereocenters. The van der Waals surface area contributed by atoms with E-state index in [9.17, 15) is 13.6 Å². The zero-order chi connectivity index (χ0) is 22.0. The molecule has 166 valence electrons. The number of hydrogen-bond acceptors (Lipinski definition) is 5. The van der Waals surface area contributed by atoms with Crippen molar-refractivity contribution in [3.8, 4) is 0 Å². The van der Waals surface area contributed by atoms with Gasteiger partial charge in [0.15, 0.2) is 5.65 Å². The number of aromatic nitrogens is 3. The summed E-state index contributed by atoms with van der Waals surface area (Å²) >= 11 is 1.75. The molecule has 0 saturated carbocycles. The number of benzene rings is 1. The lowest BCUT2D eigenvalue weighted by Gasteiger charge is -2.38. The second-order valence-electron chi connectivity index (χ2n) is 8.93. The van der Waals surface area contributed by atoms with Gasteiger partial charge < -0.3 is 9.80 Å². The van der Waals surface area contributed by atoms with Crippen LogP contribution in [-0.2, 0) is 4.79 Å². The van der Waals surface area contributed by atoms with E-state index in [-0.39, 0.29) is 17.3 Å². The van der Waals surface area contributed by atoms with Crippen LogP contribution in [0, 0.1) is 18.6 Å². The third kappa shape index (κ3) is 2.93. The van der Waals surface area contributed by atoms with Gasteiger partial charge in [-0.3, -0.25) is 4.79 Å². The van der Waals surface area contributed by atoms with E-state index in [1.165, 1.54) is 12.1 Å². The summed E-state index contributed by atoms with van der Waals surface area (Å²) in [6.07, 6.45) is 6.68. The molecule has 3 aromatic rings. The highest BCUT2D eigenvalue weighted by Crippen LogP contribution is 2.55. The summed E-state index contributed by atoms with van der Waals surface area (Å²) in [7, 11) is 0. The molecule has 6 nitrogen and oxygen atoms in total. The third-order valence-electron chi connectivity index (χ3n) is 7.04. The normalized spacial score (nSPS) is 24.7. The number of halogens is 2. The van der Waals surface area contributed by atoms with E-state index < -0.39 is 16.4 Å². The predicted molar refractivity (Wildman–Crippen MR) is 118 cm³/mol. The van der Waals surface area contributed by atoms with Crippen LogP contribution in [0.15, 0.2) is 36.7 Å². The fourth-order valence-electron chi connectivity index (χ4n) is 5.47. The number of rotatable bonds is 2. The predicted octanol–water partition coefficient (Wildman–Crippen LogP) is 4.09. The molecule has 9 heteroatoms. The molecule has 0 N–H and O–H groups in total. The SMILES string of the molecule is Cc1cnn2c(N3CCC4(CC3)SC3CCC(c5cc(F)cc(F)c5)N3C4=O)ccnc12. The number of nitrogens with zero attached hydrogens (tertiary/aromatic N) is 5. The van der Waals surface area contributed by atoms with Crippen LogP contribution in [0.1, 0.15) is 42.9 Å². The first-order valence-electron chi connectivity index (χ1n) is 11.0. The minimum atomic E-state index is -0.594. The lowest BCUT2D eigenvalue weighted by molar-refractivity contribution is -0.134. The van der Waals surface area contributed by atoms with Crippen molar-refractivity contribution in [2.24, 2.45) is 0 Å². The monoisotopic (exact) mass is 455 g/mol. The standard InChI is InChI=1S/C23H23F2N5OS/c1-14-13-27-30-19(4-7-26-21(14)30)28-8-5-23(6-9-28)22(31)29-18(2-3-20(29)32-23)15-10-16(24)12-17(25)11-15/h4,7,10-13,18,20H,2-3,5-6,8-9H2,1H3. The highest BCUT2D eigenvalue weighted by atomic mass is 32.2. The second kappa shape index (κ2) is 7.16. The van der Waals surface area contributed by atoms with Gasteiger partial charge in [-0.2, -0.15) is 9.61 Å². The number of aryl methyl sites for hydroxylation is 1. The van der Waals surface area contributed by atoms with E-state index in [1.54, 1.807) is 18.0 Å². The minimum Gasteiger partial charge on any atom is -0.356 e. The summed E-state index contributed by atoms with van der Waals surface area (Å²) in [5, 5.41) is 4.55. The Kier molecular flexibility index (Phi) is 4.47. The van der Waals surface area contributed by atoms with E-state index in [2.05, 4.69) is 15.0 Å². The van der Waals surface area contributed by atoms with Crippen LogP contribution in [0.5, 0.6) is 0 Å². The molecule has 1 aromatic carbocycles. The second-order valence-corrected chi connectivity index (χ2v) is 10.5. The number of piperidine rings is 1. The summed E-state index contributed by atoms with van der Waals surface area (Å²) in [6, 6.07) is 5.32. The summed E-state index contributed by atoms with van der Waals surface area (Å²) in [6.45, 7) is 3.49. The molecule has 5 heterocycles. The van der Waals surface area contributed by atoms with Crippen LogP contribution >= 0.6 is 11.8 Å². The molecule has 0 bridgehead atoms. The molecule has 3 fully saturated rings. The first-order chi connectivity index (χ1) is 15.4. The summed E-state index contributed by atoms with van der Waals surface area (Å²) in [5.41, 5.74) is 2.43. The van der Waals surface area contributed by atoms with Gasteiger partial charge in [-0.1, -0.05) is 0 Å². The first-order valence-corrected chi connectivity index (χ1v) is 11.8. The molecule has 0 aliphatic carbocycles. The Morgan fingerprint density at radius 1 is 1.12 bits per heavy atom. The molecular formula is C23H23F2N5OS. The van der Waals surface area contributed by atoms with Crippen molar-refractivity contribution in [2.45, 2.75) is 48.8 Å². The van der Waals surface area contributed by atoms with E-state index in [0.717, 1.165) is 61.9 Å². The Morgan fingerprint density at radius 2 is 1.88 bits per heavy atom. The Hall–Kier alpha value is -2.68. The molecule has 32 heavy (non-hydrogen) atoms. The molecule has 3 aliphatic rings. The van der Waals surface area contributed by atoms with Gasteiger partial charge in [-0.25, -0.2) is 13.8 Å². The Labute approximate surface area is 188 Å². The first kappa shape index (κ1) is 20.0. The van der Waals surface area contributed by atoms with E-state index >= 15 is 0 Å². The molecule has 2 aromatic heterocycles. The van der Waals surface area contributed by atoms with Gasteiger partial charge in [0, 0.05) is 30.9 Å². The Balaban J connectivity index is 1.24. The van der Waals surface area contributed by atoms with Crippen LogP contribution < -0.4 is 4.90 Å². The van der Waals surface area contributed by atoms with Crippen molar-refractivity contribution in [3.63, 3.8) is 0 Å². The van der Waals surface area contributed by atoms with Crippen molar-refractivity contribution in [3.05, 3.63) is 59.4 Å². The van der Waals surface area contributed by atoms with Gasteiger partial charge in [0.2, 0.25) is 5.91 Å². The minimum absolute atomic E-state index is 0.0757. The van der Waals surface area contributed by atoms with Gasteiger partial charge >= 0.3 is 0 Å². The maximum absolute atomic E-state index is 13.8.